The van der Waals surface area contributed by atoms with Gasteiger partial charge in [0.15, 0.2) is 0 Å². The summed E-state index contributed by atoms with van der Waals surface area (Å²) in [6.45, 7) is 3.36. The second-order valence-electron chi connectivity index (χ2n) is 8.09. The smallest absolute Gasteiger partial charge is 0.308 e. The predicted molar refractivity (Wildman–Crippen MR) is 133 cm³/mol. The Bertz CT molecular complexity index is 1470. The number of sulfonamides is 2. The summed E-state index contributed by atoms with van der Waals surface area (Å²) in [5.41, 5.74) is 0.795. The molecule has 12 heteroatoms. The molecular formula is C22H27N3O6S3. The summed E-state index contributed by atoms with van der Waals surface area (Å²) in [6.07, 6.45) is 3.32. The van der Waals surface area contributed by atoms with Gasteiger partial charge in [0.25, 0.3) is 10.0 Å². The molecule has 0 unspecified atom stereocenters. The van der Waals surface area contributed by atoms with Crippen molar-refractivity contribution in [2.24, 2.45) is 0 Å². The third-order valence-electron chi connectivity index (χ3n) is 5.75. The number of nitrogens with zero attached hydrogens (tertiary/aromatic N) is 2. The molecule has 1 aliphatic heterocycles. The molecule has 4 rings (SSSR count). The number of aromatic nitrogens is 1. The highest BCUT2D eigenvalue weighted by molar-refractivity contribution is 7.92. The quantitative estimate of drug-likeness (QED) is 0.482. The summed E-state index contributed by atoms with van der Waals surface area (Å²) in [5.74, 6) is 0.150. The van der Waals surface area contributed by atoms with Gasteiger partial charge in [-0.15, -0.1) is 0 Å². The van der Waals surface area contributed by atoms with Gasteiger partial charge in [-0.05, 0) is 55.7 Å². The molecule has 1 N–H and O–H groups in total. The number of hydrogen-bond acceptors (Lipinski definition) is 7. The molecule has 0 spiro atoms. The number of ether oxygens (including phenoxy) is 1. The minimum atomic E-state index is -4.03. The Morgan fingerprint density at radius 3 is 2.44 bits per heavy atom. The van der Waals surface area contributed by atoms with E-state index < -0.39 is 20.0 Å². The molecule has 0 aliphatic carbocycles. The number of hydrogen-bond donors (Lipinski definition) is 1. The van der Waals surface area contributed by atoms with Crippen LogP contribution in [0.15, 0.2) is 51.0 Å². The summed E-state index contributed by atoms with van der Waals surface area (Å²) in [5, 5.41) is 0. The number of benzene rings is 2. The first-order valence-electron chi connectivity index (χ1n) is 11.0. The van der Waals surface area contributed by atoms with Crippen molar-refractivity contribution >= 4 is 47.3 Å². The second-order valence-corrected chi connectivity index (χ2v) is 12.7. The molecule has 1 aliphatic rings. The van der Waals surface area contributed by atoms with Crippen LogP contribution in [0.1, 0.15) is 32.6 Å². The van der Waals surface area contributed by atoms with Crippen molar-refractivity contribution in [3.05, 3.63) is 46.1 Å². The van der Waals surface area contributed by atoms with Crippen molar-refractivity contribution < 1.29 is 21.6 Å². The van der Waals surface area contributed by atoms with Crippen molar-refractivity contribution in [2.75, 3.05) is 24.9 Å². The van der Waals surface area contributed by atoms with Crippen LogP contribution in [-0.4, -0.2) is 45.9 Å². The van der Waals surface area contributed by atoms with E-state index in [1.807, 2.05) is 6.92 Å². The third-order valence-corrected chi connectivity index (χ3v) is 9.99. The van der Waals surface area contributed by atoms with E-state index in [1.165, 1.54) is 41.7 Å². The highest BCUT2D eigenvalue weighted by Crippen LogP contribution is 2.32. The second kappa shape index (κ2) is 9.68. The molecule has 34 heavy (non-hydrogen) atoms. The van der Waals surface area contributed by atoms with Crippen LogP contribution >= 0.6 is 11.3 Å². The van der Waals surface area contributed by atoms with Crippen LogP contribution in [-0.2, 0) is 26.6 Å². The Morgan fingerprint density at radius 1 is 1.03 bits per heavy atom. The molecule has 184 valence electrons. The van der Waals surface area contributed by atoms with Crippen molar-refractivity contribution in [2.45, 2.75) is 48.9 Å². The molecule has 1 fully saturated rings. The van der Waals surface area contributed by atoms with Gasteiger partial charge in [-0.3, -0.25) is 14.1 Å². The van der Waals surface area contributed by atoms with Crippen LogP contribution in [0.3, 0.4) is 0 Å². The minimum Gasteiger partial charge on any atom is -0.495 e. The average Bonchev–Trinajstić information content (AvgIpc) is 3.14. The number of methoxy groups -OCH3 is 1. The van der Waals surface area contributed by atoms with E-state index >= 15 is 0 Å². The normalized spacial score (nSPS) is 15.5. The number of aryl methyl sites for hydroxylation is 1. The Morgan fingerprint density at radius 2 is 1.76 bits per heavy atom. The van der Waals surface area contributed by atoms with E-state index in [0.717, 1.165) is 37.0 Å². The van der Waals surface area contributed by atoms with Gasteiger partial charge in [-0.2, -0.15) is 4.31 Å². The maximum Gasteiger partial charge on any atom is 0.308 e. The largest absolute Gasteiger partial charge is 0.495 e. The lowest BCUT2D eigenvalue weighted by atomic mass is 10.2. The van der Waals surface area contributed by atoms with Crippen LogP contribution in [0.5, 0.6) is 5.75 Å². The lowest BCUT2D eigenvalue weighted by Crippen LogP contribution is -2.35. The molecule has 0 bridgehead atoms. The van der Waals surface area contributed by atoms with Crippen molar-refractivity contribution in [3.8, 4) is 5.75 Å². The summed E-state index contributed by atoms with van der Waals surface area (Å²) < 4.78 is 64.0. The number of anilines is 1. The zero-order valence-corrected chi connectivity index (χ0v) is 21.4. The first kappa shape index (κ1) is 24.7. The monoisotopic (exact) mass is 525 g/mol. The van der Waals surface area contributed by atoms with Gasteiger partial charge < -0.3 is 4.74 Å². The standard InChI is InChI=1S/C22H27N3O6S3/c1-3-11-25-18-9-8-17(15-20(18)32-22(25)26)33(27,28)23-16-7-10-19(31-2)21(14-16)34(29,30)24-12-5-4-6-13-24/h7-10,14-15,23H,3-6,11-13H2,1-2H3. The fraction of sp³-hybridized carbons (Fsp3) is 0.409. The summed E-state index contributed by atoms with van der Waals surface area (Å²) in [4.78, 5) is 12.0. The van der Waals surface area contributed by atoms with Crippen LogP contribution in [0.4, 0.5) is 5.69 Å². The third kappa shape index (κ3) is 4.72. The topological polar surface area (TPSA) is 115 Å². The van der Waals surface area contributed by atoms with E-state index in [9.17, 15) is 21.6 Å². The Balaban J connectivity index is 1.68. The predicted octanol–water partition coefficient (Wildman–Crippen LogP) is 3.46. The molecule has 1 aromatic heterocycles. The van der Waals surface area contributed by atoms with Crippen LogP contribution < -0.4 is 14.3 Å². The van der Waals surface area contributed by atoms with Gasteiger partial charge in [-0.25, -0.2) is 16.8 Å². The Labute approximate surface area is 203 Å². The molecule has 0 radical (unpaired) electrons. The molecule has 2 heterocycles. The van der Waals surface area contributed by atoms with Crippen LogP contribution in [0, 0.1) is 0 Å². The minimum absolute atomic E-state index is 0.0128. The number of fused-ring (bicyclic) bond motifs is 1. The highest BCUT2D eigenvalue weighted by atomic mass is 32.2. The molecule has 9 nitrogen and oxygen atoms in total. The molecule has 0 saturated carbocycles. The van der Waals surface area contributed by atoms with Gasteiger partial charge >= 0.3 is 4.87 Å². The highest BCUT2D eigenvalue weighted by Gasteiger charge is 2.29. The van der Waals surface area contributed by atoms with E-state index in [0.29, 0.717) is 29.9 Å². The molecule has 3 aromatic rings. The zero-order chi connectivity index (χ0) is 24.5. The average molecular weight is 526 g/mol. The Hall–Kier alpha value is -2.41. The summed E-state index contributed by atoms with van der Waals surface area (Å²) in [6, 6.07) is 8.71. The van der Waals surface area contributed by atoms with E-state index in [4.69, 9.17) is 4.74 Å². The van der Waals surface area contributed by atoms with Crippen molar-refractivity contribution in [3.63, 3.8) is 0 Å². The first-order valence-corrected chi connectivity index (χ1v) is 14.8. The summed E-state index contributed by atoms with van der Waals surface area (Å²) >= 11 is 0.996. The van der Waals surface area contributed by atoms with Crippen LogP contribution in [0.25, 0.3) is 10.2 Å². The maximum atomic E-state index is 13.2. The van der Waals surface area contributed by atoms with Crippen molar-refractivity contribution in [1.29, 1.82) is 0 Å². The van der Waals surface area contributed by atoms with E-state index in [1.54, 1.807) is 10.6 Å². The Kier molecular flexibility index (Phi) is 7.04. The number of piperidine rings is 1. The van der Waals surface area contributed by atoms with Gasteiger partial charge in [0.2, 0.25) is 10.0 Å². The van der Waals surface area contributed by atoms with Crippen molar-refractivity contribution in [1.82, 2.24) is 8.87 Å². The van der Waals surface area contributed by atoms with Gasteiger partial charge in [0.1, 0.15) is 10.6 Å². The fourth-order valence-electron chi connectivity index (χ4n) is 4.05. The number of nitrogens with one attached hydrogen (secondary N) is 1. The molecule has 1 saturated heterocycles. The lowest BCUT2D eigenvalue weighted by molar-refractivity contribution is 0.343. The number of rotatable bonds is 8. The molecule has 0 amide bonds. The van der Waals surface area contributed by atoms with Gasteiger partial charge in [0, 0.05) is 19.6 Å². The molecule has 0 atom stereocenters. The molecular weight excluding hydrogens is 498 g/mol. The zero-order valence-electron chi connectivity index (χ0n) is 19.0. The SMILES string of the molecule is CCCn1c(=O)sc2cc(S(=O)(=O)Nc3ccc(OC)c(S(=O)(=O)N4CCCCC4)c3)ccc21. The first-order chi connectivity index (χ1) is 16.2. The van der Waals surface area contributed by atoms with Gasteiger partial charge in [0.05, 0.1) is 27.9 Å². The summed E-state index contributed by atoms with van der Waals surface area (Å²) in [7, 11) is -6.50. The maximum absolute atomic E-state index is 13.2. The van der Waals surface area contributed by atoms with Gasteiger partial charge in [-0.1, -0.05) is 24.7 Å². The van der Waals surface area contributed by atoms with E-state index in [2.05, 4.69) is 4.72 Å². The fourth-order valence-corrected chi connectivity index (χ4v) is 7.85. The lowest BCUT2D eigenvalue weighted by Gasteiger charge is -2.26. The van der Waals surface area contributed by atoms with Crippen LogP contribution in [0.2, 0.25) is 0 Å². The molecule has 2 aromatic carbocycles. The van der Waals surface area contributed by atoms with E-state index in [-0.39, 0.29) is 26.1 Å². The number of thiazole rings is 1.